The molecule has 29 heavy (non-hydrogen) atoms. The van der Waals surface area contributed by atoms with Crippen molar-refractivity contribution in [1.29, 1.82) is 0 Å². The number of para-hydroxylation sites is 1. The number of ether oxygens (including phenoxy) is 1. The lowest BCUT2D eigenvalue weighted by atomic mass is 9.93. The third-order valence-corrected chi connectivity index (χ3v) is 7.22. The van der Waals surface area contributed by atoms with Crippen molar-refractivity contribution < 1.29 is 9.53 Å². The lowest BCUT2D eigenvalue weighted by molar-refractivity contribution is -0.121. The largest absolute Gasteiger partial charge is 0.497 e. The van der Waals surface area contributed by atoms with Gasteiger partial charge in [-0.3, -0.25) is 4.79 Å². The molecule has 0 aromatic heterocycles. The first-order valence-corrected chi connectivity index (χ1v) is 11.8. The third kappa shape index (κ3) is 4.96. The second kappa shape index (κ2) is 9.68. The number of nitrogens with one attached hydrogen (secondary N) is 1. The zero-order chi connectivity index (χ0) is 20.1. The molecule has 1 amide bonds. The van der Waals surface area contributed by atoms with Crippen molar-refractivity contribution in [2.45, 2.75) is 31.7 Å². The fourth-order valence-electron chi connectivity index (χ4n) is 4.45. The maximum atomic E-state index is 13.0. The number of likely N-dealkylation sites (tertiary alicyclic amines) is 1. The highest BCUT2D eigenvalue weighted by Gasteiger charge is 2.29. The van der Waals surface area contributed by atoms with E-state index in [1.54, 1.807) is 7.11 Å². The number of benzene rings is 2. The number of nitrogens with zero attached hydrogens (tertiary/aromatic N) is 1. The summed E-state index contributed by atoms with van der Waals surface area (Å²) in [5, 5.41) is 3.21. The first-order chi connectivity index (χ1) is 14.2. The zero-order valence-corrected chi connectivity index (χ0v) is 17.9. The number of methoxy groups -OCH3 is 1. The van der Waals surface area contributed by atoms with E-state index >= 15 is 0 Å². The minimum Gasteiger partial charge on any atom is -0.497 e. The highest BCUT2D eigenvalue weighted by atomic mass is 32.2. The second-order valence-electron chi connectivity index (χ2n) is 7.92. The van der Waals surface area contributed by atoms with Gasteiger partial charge in [-0.05, 0) is 74.0 Å². The second-order valence-corrected chi connectivity index (χ2v) is 9.15. The summed E-state index contributed by atoms with van der Waals surface area (Å²) in [6.07, 6.45) is 4.51. The number of thioether (sulfide) groups is 1. The maximum Gasteiger partial charge on any atom is 0.227 e. The maximum absolute atomic E-state index is 13.0. The van der Waals surface area contributed by atoms with Gasteiger partial charge in [0.15, 0.2) is 0 Å². The smallest absolute Gasteiger partial charge is 0.227 e. The topological polar surface area (TPSA) is 41.6 Å². The van der Waals surface area contributed by atoms with Crippen molar-refractivity contribution >= 4 is 23.4 Å². The van der Waals surface area contributed by atoms with Crippen LogP contribution in [0, 0.1) is 5.92 Å². The van der Waals surface area contributed by atoms with Gasteiger partial charge in [0.05, 0.1) is 7.11 Å². The van der Waals surface area contributed by atoms with Crippen LogP contribution in [0.1, 0.15) is 25.7 Å². The van der Waals surface area contributed by atoms with E-state index in [1.165, 1.54) is 24.3 Å². The standard InChI is InChI=1S/C24H30N2O2S/c1-28-21-6-4-5-19(17-21)22-7-2-3-8-23(22)25-24(27)18-9-13-26(14-10-18)20-11-15-29-16-12-20/h2-8,17-18,20H,9-16H2,1H3,(H,25,27). The predicted octanol–water partition coefficient (Wildman–Crippen LogP) is 4.91. The molecule has 0 saturated carbocycles. The fraction of sp³-hybridized carbons (Fsp3) is 0.458. The Morgan fingerprint density at radius 1 is 1.03 bits per heavy atom. The SMILES string of the molecule is COc1cccc(-c2ccccc2NC(=O)C2CCN(C3CCSCC3)CC2)c1. The van der Waals surface area contributed by atoms with Gasteiger partial charge in [-0.15, -0.1) is 0 Å². The summed E-state index contributed by atoms with van der Waals surface area (Å²) in [6.45, 7) is 2.09. The third-order valence-electron chi connectivity index (χ3n) is 6.17. The summed E-state index contributed by atoms with van der Waals surface area (Å²) in [5.74, 6) is 3.64. The van der Waals surface area contributed by atoms with Crippen molar-refractivity contribution in [2.75, 3.05) is 37.0 Å². The van der Waals surface area contributed by atoms with Gasteiger partial charge < -0.3 is 15.0 Å². The van der Waals surface area contributed by atoms with Crippen molar-refractivity contribution in [3.8, 4) is 16.9 Å². The van der Waals surface area contributed by atoms with E-state index in [2.05, 4.69) is 28.0 Å². The molecular weight excluding hydrogens is 380 g/mol. The van der Waals surface area contributed by atoms with E-state index in [-0.39, 0.29) is 11.8 Å². The Labute approximate surface area is 178 Å². The van der Waals surface area contributed by atoms with Gasteiger partial charge in [-0.1, -0.05) is 30.3 Å². The normalized spacial score (nSPS) is 19.1. The van der Waals surface area contributed by atoms with E-state index in [9.17, 15) is 4.79 Å². The van der Waals surface area contributed by atoms with Crippen LogP contribution in [0.2, 0.25) is 0 Å². The first-order valence-electron chi connectivity index (χ1n) is 10.6. The molecule has 0 spiro atoms. The Hall–Kier alpha value is -1.98. The van der Waals surface area contributed by atoms with Gasteiger partial charge in [0, 0.05) is 23.2 Å². The number of anilines is 1. The number of hydrogen-bond acceptors (Lipinski definition) is 4. The molecular formula is C24H30N2O2S. The molecule has 2 heterocycles. The molecule has 2 aromatic rings. The quantitative estimate of drug-likeness (QED) is 0.761. The molecule has 2 aliphatic heterocycles. The van der Waals surface area contributed by atoms with E-state index in [1.807, 2.05) is 42.5 Å². The number of rotatable bonds is 5. The van der Waals surface area contributed by atoms with Gasteiger partial charge in [-0.2, -0.15) is 11.8 Å². The van der Waals surface area contributed by atoms with Crippen LogP contribution >= 0.6 is 11.8 Å². The van der Waals surface area contributed by atoms with E-state index < -0.39 is 0 Å². The summed E-state index contributed by atoms with van der Waals surface area (Å²) in [4.78, 5) is 15.6. The van der Waals surface area contributed by atoms with Crippen LogP contribution in [-0.2, 0) is 4.79 Å². The highest BCUT2D eigenvalue weighted by molar-refractivity contribution is 7.99. The molecule has 2 aromatic carbocycles. The first kappa shape index (κ1) is 20.3. The van der Waals surface area contributed by atoms with Crippen molar-refractivity contribution in [2.24, 2.45) is 5.92 Å². The van der Waals surface area contributed by atoms with Gasteiger partial charge in [0.1, 0.15) is 5.75 Å². The van der Waals surface area contributed by atoms with Gasteiger partial charge >= 0.3 is 0 Å². The number of piperidine rings is 1. The molecule has 2 aliphatic rings. The van der Waals surface area contributed by atoms with Gasteiger partial charge in [-0.25, -0.2) is 0 Å². The van der Waals surface area contributed by atoms with Gasteiger partial charge in [0.2, 0.25) is 5.91 Å². The summed E-state index contributed by atoms with van der Waals surface area (Å²) >= 11 is 2.07. The van der Waals surface area contributed by atoms with Crippen molar-refractivity contribution in [1.82, 2.24) is 4.90 Å². The molecule has 0 unspecified atom stereocenters. The minimum absolute atomic E-state index is 0.0996. The van der Waals surface area contributed by atoms with Crippen molar-refractivity contribution in [3.63, 3.8) is 0 Å². The van der Waals surface area contributed by atoms with Gasteiger partial charge in [0.25, 0.3) is 0 Å². The van der Waals surface area contributed by atoms with Crippen LogP contribution in [0.4, 0.5) is 5.69 Å². The Morgan fingerprint density at radius 3 is 2.55 bits per heavy atom. The Bertz CT molecular complexity index is 827. The molecule has 0 aliphatic carbocycles. The molecule has 4 rings (SSSR count). The van der Waals surface area contributed by atoms with Crippen LogP contribution in [0.25, 0.3) is 11.1 Å². The molecule has 0 bridgehead atoms. The number of hydrogen-bond donors (Lipinski definition) is 1. The van der Waals surface area contributed by atoms with E-state index in [4.69, 9.17) is 4.74 Å². The summed E-state index contributed by atoms with van der Waals surface area (Å²) in [5.41, 5.74) is 2.94. The lowest BCUT2D eigenvalue weighted by Crippen LogP contribution is -2.45. The van der Waals surface area contributed by atoms with Crippen LogP contribution in [0.3, 0.4) is 0 Å². The van der Waals surface area contributed by atoms with Crippen LogP contribution in [0.15, 0.2) is 48.5 Å². The average molecular weight is 411 g/mol. The fourth-order valence-corrected chi connectivity index (χ4v) is 5.53. The van der Waals surface area contributed by atoms with Crippen molar-refractivity contribution in [3.05, 3.63) is 48.5 Å². The summed E-state index contributed by atoms with van der Waals surface area (Å²) in [6, 6.07) is 16.7. The molecule has 2 fully saturated rings. The van der Waals surface area contributed by atoms with E-state index in [0.717, 1.165) is 54.5 Å². The Balaban J connectivity index is 1.40. The van der Waals surface area contributed by atoms with Crippen LogP contribution in [0.5, 0.6) is 5.75 Å². The Morgan fingerprint density at radius 2 is 1.79 bits per heavy atom. The molecule has 154 valence electrons. The molecule has 4 nitrogen and oxygen atoms in total. The summed E-state index contributed by atoms with van der Waals surface area (Å²) < 4.78 is 5.36. The monoisotopic (exact) mass is 410 g/mol. The minimum atomic E-state index is 0.0996. The van der Waals surface area contributed by atoms with Crippen LogP contribution < -0.4 is 10.1 Å². The molecule has 0 radical (unpaired) electrons. The number of carbonyl (C=O) groups excluding carboxylic acids is 1. The molecule has 2 saturated heterocycles. The summed E-state index contributed by atoms with van der Waals surface area (Å²) in [7, 11) is 1.67. The average Bonchev–Trinajstić information content (AvgIpc) is 2.80. The zero-order valence-electron chi connectivity index (χ0n) is 17.1. The van der Waals surface area contributed by atoms with E-state index in [0.29, 0.717) is 0 Å². The van der Waals surface area contributed by atoms with Crippen LogP contribution in [-0.4, -0.2) is 48.6 Å². The predicted molar refractivity (Wildman–Crippen MR) is 122 cm³/mol. The molecule has 5 heteroatoms. The number of amides is 1. The molecule has 1 N–H and O–H groups in total. The molecule has 0 atom stereocenters. The number of carbonyl (C=O) groups is 1. The highest BCUT2D eigenvalue weighted by Crippen LogP contribution is 2.32. The lowest BCUT2D eigenvalue weighted by Gasteiger charge is -2.38. The Kier molecular flexibility index (Phi) is 6.78.